The lowest BCUT2D eigenvalue weighted by Gasteiger charge is -2.26. The average Bonchev–Trinajstić information content (AvgIpc) is 3.16. The molecule has 1 saturated heterocycles. The van der Waals surface area contributed by atoms with Crippen molar-refractivity contribution in [1.82, 2.24) is 14.9 Å². The van der Waals surface area contributed by atoms with Crippen molar-refractivity contribution in [3.05, 3.63) is 33.7 Å². The van der Waals surface area contributed by atoms with E-state index in [1.807, 2.05) is 31.1 Å². The van der Waals surface area contributed by atoms with Crippen molar-refractivity contribution >= 4 is 34.6 Å². The topological polar surface area (TPSA) is 35.5 Å². The van der Waals surface area contributed by atoms with Gasteiger partial charge in [-0.1, -0.05) is 11.6 Å². The van der Waals surface area contributed by atoms with Gasteiger partial charge in [0.1, 0.15) is 18.0 Å². The van der Waals surface area contributed by atoms with Gasteiger partial charge in [0.2, 0.25) is 0 Å². The smallest absolute Gasteiger partial charge is 0.134 e. The Hall–Kier alpha value is -1.37. The fraction of sp³-hybridized carbons (Fsp3) is 0.500. The molecule has 3 rings (SSSR count). The summed E-state index contributed by atoms with van der Waals surface area (Å²) >= 11 is 7.69. The first-order chi connectivity index (χ1) is 11.0. The Kier molecular flexibility index (Phi) is 5.04. The quantitative estimate of drug-likeness (QED) is 0.827. The van der Waals surface area contributed by atoms with E-state index in [0.717, 1.165) is 42.0 Å². The molecule has 0 N–H and O–H groups in total. The number of thiophene rings is 1. The summed E-state index contributed by atoms with van der Waals surface area (Å²) in [4.78, 5) is 16.8. The van der Waals surface area contributed by atoms with Crippen molar-refractivity contribution in [2.24, 2.45) is 0 Å². The van der Waals surface area contributed by atoms with Crippen LogP contribution in [0.25, 0.3) is 0 Å². The number of anilines is 2. The van der Waals surface area contributed by atoms with Crippen LogP contribution in [-0.4, -0.2) is 55.1 Å². The maximum Gasteiger partial charge on any atom is 0.134 e. The van der Waals surface area contributed by atoms with Crippen LogP contribution < -0.4 is 9.80 Å². The molecule has 0 aromatic carbocycles. The predicted octanol–water partition coefficient (Wildman–Crippen LogP) is 2.97. The lowest BCUT2D eigenvalue weighted by Crippen LogP contribution is -2.35. The van der Waals surface area contributed by atoms with Crippen LogP contribution in [0.3, 0.4) is 0 Å². The molecule has 0 radical (unpaired) electrons. The molecule has 5 nitrogen and oxygen atoms in total. The van der Waals surface area contributed by atoms with Gasteiger partial charge < -0.3 is 9.80 Å². The number of likely N-dealkylation sites (N-methyl/N-ethyl adjacent to an activating group) is 1. The predicted molar refractivity (Wildman–Crippen MR) is 97.8 cm³/mol. The van der Waals surface area contributed by atoms with Gasteiger partial charge >= 0.3 is 0 Å². The Labute approximate surface area is 146 Å². The number of halogens is 1. The monoisotopic (exact) mass is 351 g/mol. The molecule has 124 valence electrons. The van der Waals surface area contributed by atoms with Crippen LogP contribution in [0.2, 0.25) is 4.34 Å². The first-order valence-electron chi connectivity index (χ1n) is 7.71. The second-order valence-electron chi connectivity index (χ2n) is 6.12. The van der Waals surface area contributed by atoms with Gasteiger partial charge in [0.05, 0.1) is 4.34 Å². The van der Waals surface area contributed by atoms with E-state index in [2.05, 4.69) is 32.9 Å². The molecule has 1 aliphatic rings. The molecule has 0 aliphatic carbocycles. The summed E-state index contributed by atoms with van der Waals surface area (Å²) in [7, 11) is 6.11. The Morgan fingerprint density at radius 3 is 2.74 bits per heavy atom. The fourth-order valence-electron chi connectivity index (χ4n) is 2.89. The molecule has 2 aromatic heterocycles. The van der Waals surface area contributed by atoms with Gasteiger partial charge in [-0.15, -0.1) is 11.3 Å². The van der Waals surface area contributed by atoms with Crippen LogP contribution in [0, 0.1) is 0 Å². The van der Waals surface area contributed by atoms with Crippen LogP contribution in [0.4, 0.5) is 11.6 Å². The first kappa shape index (κ1) is 16.5. The van der Waals surface area contributed by atoms with Crippen LogP contribution in [0.15, 0.2) is 24.5 Å². The SMILES string of the molecule is CN(C)c1cc(N(C)C2CCN(Cc3ccc(Cl)s3)C2)ncn1. The molecule has 7 heteroatoms. The minimum absolute atomic E-state index is 0.482. The second-order valence-corrected chi connectivity index (χ2v) is 7.92. The number of aromatic nitrogens is 2. The van der Waals surface area contributed by atoms with Crippen molar-refractivity contribution in [2.45, 2.75) is 19.0 Å². The number of hydrogen-bond donors (Lipinski definition) is 0. The maximum absolute atomic E-state index is 6.02. The third-order valence-electron chi connectivity index (χ3n) is 4.26. The molecule has 1 unspecified atom stereocenters. The van der Waals surface area contributed by atoms with E-state index in [4.69, 9.17) is 11.6 Å². The summed E-state index contributed by atoms with van der Waals surface area (Å²) < 4.78 is 0.866. The number of nitrogens with zero attached hydrogens (tertiary/aromatic N) is 5. The third kappa shape index (κ3) is 3.94. The third-order valence-corrected chi connectivity index (χ3v) is 5.48. The van der Waals surface area contributed by atoms with Crippen LogP contribution in [0.5, 0.6) is 0 Å². The van der Waals surface area contributed by atoms with Crippen LogP contribution >= 0.6 is 22.9 Å². The molecule has 0 saturated carbocycles. The Morgan fingerprint density at radius 1 is 1.26 bits per heavy atom. The Balaban J connectivity index is 1.63. The van der Waals surface area contributed by atoms with Gasteiger partial charge in [-0.2, -0.15) is 0 Å². The minimum Gasteiger partial charge on any atom is -0.363 e. The maximum atomic E-state index is 6.02. The van der Waals surface area contributed by atoms with E-state index in [-0.39, 0.29) is 0 Å². The molecule has 1 aliphatic heterocycles. The van der Waals surface area contributed by atoms with Gasteiger partial charge in [-0.25, -0.2) is 9.97 Å². The normalized spacial score (nSPS) is 18.3. The number of likely N-dealkylation sites (tertiary alicyclic amines) is 1. The van der Waals surface area contributed by atoms with Crippen molar-refractivity contribution in [2.75, 3.05) is 44.0 Å². The lowest BCUT2D eigenvalue weighted by atomic mass is 10.2. The Bertz CT molecular complexity index is 659. The van der Waals surface area contributed by atoms with Crippen molar-refractivity contribution in [3.63, 3.8) is 0 Å². The highest BCUT2D eigenvalue weighted by atomic mass is 35.5. The van der Waals surface area contributed by atoms with E-state index in [1.54, 1.807) is 17.7 Å². The zero-order chi connectivity index (χ0) is 16.4. The van der Waals surface area contributed by atoms with Gasteiger partial charge in [0, 0.05) is 57.8 Å². The Morgan fingerprint density at radius 2 is 2.04 bits per heavy atom. The number of rotatable bonds is 5. The molecule has 23 heavy (non-hydrogen) atoms. The molecule has 0 bridgehead atoms. The highest BCUT2D eigenvalue weighted by Crippen LogP contribution is 2.26. The molecule has 1 fully saturated rings. The molecular weight excluding hydrogens is 330 g/mol. The molecule has 3 heterocycles. The van der Waals surface area contributed by atoms with Crippen molar-refractivity contribution in [1.29, 1.82) is 0 Å². The van der Waals surface area contributed by atoms with Gasteiger partial charge in [0.25, 0.3) is 0 Å². The first-order valence-corrected chi connectivity index (χ1v) is 8.91. The molecule has 1 atom stereocenters. The summed E-state index contributed by atoms with van der Waals surface area (Å²) in [5, 5.41) is 0. The van der Waals surface area contributed by atoms with Gasteiger partial charge in [0.15, 0.2) is 0 Å². The van der Waals surface area contributed by atoms with E-state index < -0.39 is 0 Å². The zero-order valence-corrected chi connectivity index (χ0v) is 15.3. The van der Waals surface area contributed by atoms with E-state index in [0.29, 0.717) is 6.04 Å². The largest absolute Gasteiger partial charge is 0.363 e. The minimum atomic E-state index is 0.482. The van der Waals surface area contributed by atoms with E-state index in [9.17, 15) is 0 Å². The summed E-state index contributed by atoms with van der Waals surface area (Å²) in [6.45, 7) is 3.14. The molecule has 2 aromatic rings. The highest BCUT2D eigenvalue weighted by molar-refractivity contribution is 7.16. The zero-order valence-electron chi connectivity index (χ0n) is 13.7. The van der Waals surface area contributed by atoms with Gasteiger partial charge in [-0.05, 0) is 18.6 Å². The number of hydrogen-bond acceptors (Lipinski definition) is 6. The molecule has 0 amide bonds. The average molecular weight is 352 g/mol. The highest BCUT2D eigenvalue weighted by Gasteiger charge is 2.27. The summed E-state index contributed by atoms with van der Waals surface area (Å²) in [5.41, 5.74) is 0. The summed E-state index contributed by atoms with van der Waals surface area (Å²) in [6.07, 6.45) is 2.79. The van der Waals surface area contributed by atoms with Crippen molar-refractivity contribution < 1.29 is 0 Å². The van der Waals surface area contributed by atoms with E-state index in [1.165, 1.54) is 4.88 Å². The summed E-state index contributed by atoms with van der Waals surface area (Å²) in [5.74, 6) is 1.92. The fourth-order valence-corrected chi connectivity index (χ4v) is 4.02. The molecular formula is C16H22ClN5S. The second kappa shape index (κ2) is 7.03. The van der Waals surface area contributed by atoms with Crippen molar-refractivity contribution in [3.8, 4) is 0 Å². The van der Waals surface area contributed by atoms with Crippen LogP contribution in [0.1, 0.15) is 11.3 Å². The summed E-state index contributed by atoms with van der Waals surface area (Å²) in [6, 6.07) is 6.63. The van der Waals surface area contributed by atoms with Crippen LogP contribution in [-0.2, 0) is 6.54 Å². The van der Waals surface area contributed by atoms with E-state index >= 15 is 0 Å². The van der Waals surface area contributed by atoms with Gasteiger partial charge in [-0.3, -0.25) is 4.90 Å². The molecule has 0 spiro atoms. The lowest BCUT2D eigenvalue weighted by molar-refractivity contribution is 0.329. The standard InChI is InChI=1S/C16H22ClN5S/c1-20(2)15-8-16(19-11-18-15)21(3)12-6-7-22(9-12)10-13-4-5-14(17)23-13/h4-5,8,11-12H,6-7,9-10H2,1-3H3.